The van der Waals surface area contributed by atoms with E-state index in [2.05, 4.69) is 29.5 Å². The van der Waals surface area contributed by atoms with Gasteiger partial charge in [0.2, 0.25) is 5.91 Å². The van der Waals surface area contributed by atoms with Crippen molar-refractivity contribution in [3.8, 4) is 0 Å². The van der Waals surface area contributed by atoms with Gasteiger partial charge in [-0.15, -0.1) is 24.0 Å². The molecule has 0 aromatic carbocycles. The molecule has 1 rings (SSSR count). The second-order valence-electron chi connectivity index (χ2n) is 6.35. The van der Waals surface area contributed by atoms with Crippen LogP contribution >= 0.6 is 24.0 Å². The van der Waals surface area contributed by atoms with Crippen molar-refractivity contribution in [2.75, 3.05) is 45.9 Å². The van der Waals surface area contributed by atoms with Crippen LogP contribution in [0.1, 0.15) is 46.5 Å². The summed E-state index contributed by atoms with van der Waals surface area (Å²) in [4.78, 5) is 18.5. The van der Waals surface area contributed by atoms with E-state index in [1.807, 2.05) is 11.8 Å². The molecule has 0 spiro atoms. The number of halogens is 1. The van der Waals surface area contributed by atoms with Gasteiger partial charge in [-0.05, 0) is 32.1 Å². The Morgan fingerprint density at radius 1 is 1.25 bits per heavy atom. The number of guanidine groups is 1. The second kappa shape index (κ2) is 14.7. The highest BCUT2D eigenvalue weighted by Crippen LogP contribution is 2.08. The molecular formula is C17H35IN4O2. The normalized spacial score (nSPS) is 14.7. The smallest absolute Gasteiger partial charge is 0.224 e. The van der Waals surface area contributed by atoms with Gasteiger partial charge in [0.25, 0.3) is 0 Å². The van der Waals surface area contributed by atoms with E-state index in [9.17, 15) is 4.79 Å². The summed E-state index contributed by atoms with van der Waals surface area (Å²) in [5.74, 6) is 1.60. The predicted octanol–water partition coefficient (Wildman–Crippen LogP) is 2.23. The number of hydrogen-bond donors (Lipinski definition) is 2. The van der Waals surface area contributed by atoms with Gasteiger partial charge in [-0.2, -0.15) is 0 Å². The van der Waals surface area contributed by atoms with Crippen molar-refractivity contribution in [1.82, 2.24) is 15.5 Å². The minimum absolute atomic E-state index is 0. The van der Waals surface area contributed by atoms with E-state index in [1.165, 1.54) is 0 Å². The van der Waals surface area contributed by atoms with Gasteiger partial charge >= 0.3 is 0 Å². The van der Waals surface area contributed by atoms with E-state index in [1.54, 1.807) is 0 Å². The van der Waals surface area contributed by atoms with Crippen molar-refractivity contribution < 1.29 is 9.53 Å². The number of ether oxygens (including phenoxy) is 1. The molecule has 24 heavy (non-hydrogen) atoms. The van der Waals surface area contributed by atoms with Crippen molar-refractivity contribution in [1.29, 1.82) is 0 Å². The molecule has 1 aliphatic rings. The van der Waals surface area contributed by atoms with Crippen molar-refractivity contribution in [3.05, 3.63) is 0 Å². The summed E-state index contributed by atoms with van der Waals surface area (Å²) in [6, 6.07) is 0. The van der Waals surface area contributed by atoms with Gasteiger partial charge in [0.05, 0.1) is 0 Å². The summed E-state index contributed by atoms with van der Waals surface area (Å²) in [5, 5.41) is 6.44. The van der Waals surface area contributed by atoms with Crippen molar-refractivity contribution >= 4 is 35.8 Å². The maximum absolute atomic E-state index is 12.0. The zero-order valence-electron chi connectivity index (χ0n) is 15.5. The first-order valence-electron chi connectivity index (χ1n) is 9.01. The summed E-state index contributed by atoms with van der Waals surface area (Å²) in [5.41, 5.74) is 0. The number of likely N-dealkylation sites (tertiary alicyclic amines) is 1. The number of amides is 1. The van der Waals surface area contributed by atoms with Crippen LogP contribution in [-0.2, 0) is 9.53 Å². The largest absolute Gasteiger partial charge is 0.381 e. The Bertz CT molecular complexity index is 358. The fourth-order valence-electron chi connectivity index (χ4n) is 2.43. The molecule has 2 N–H and O–H groups in total. The maximum atomic E-state index is 12.0. The van der Waals surface area contributed by atoms with E-state index < -0.39 is 0 Å². The third-order valence-corrected chi connectivity index (χ3v) is 3.60. The molecule has 0 aliphatic carbocycles. The number of aliphatic imine (C=N–C) groups is 1. The van der Waals surface area contributed by atoms with Crippen LogP contribution in [0.15, 0.2) is 4.99 Å². The quantitative estimate of drug-likeness (QED) is 0.230. The molecule has 0 saturated carbocycles. The maximum Gasteiger partial charge on any atom is 0.224 e. The van der Waals surface area contributed by atoms with Crippen molar-refractivity contribution in [2.45, 2.75) is 46.5 Å². The van der Waals surface area contributed by atoms with Gasteiger partial charge in [-0.25, -0.2) is 0 Å². The van der Waals surface area contributed by atoms with Crippen molar-refractivity contribution in [3.63, 3.8) is 0 Å². The molecular weight excluding hydrogens is 419 g/mol. The lowest BCUT2D eigenvalue weighted by Gasteiger charge is -2.16. The molecule has 1 amide bonds. The molecule has 1 saturated heterocycles. The fraction of sp³-hybridized carbons (Fsp3) is 0.882. The van der Waals surface area contributed by atoms with Gasteiger partial charge in [0.1, 0.15) is 0 Å². The summed E-state index contributed by atoms with van der Waals surface area (Å²) < 4.78 is 5.55. The molecule has 1 heterocycles. The Morgan fingerprint density at radius 3 is 2.58 bits per heavy atom. The molecule has 0 aromatic heterocycles. The van der Waals surface area contributed by atoms with E-state index in [0.717, 1.165) is 64.6 Å². The summed E-state index contributed by atoms with van der Waals surface area (Å²) in [6.45, 7) is 11.9. The van der Waals surface area contributed by atoms with Crippen LogP contribution in [0.25, 0.3) is 0 Å². The van der Waals surface area contributed by atoms with E-state index in [-0.39, 0.29) is 29.9 Å². The molecule has 0 radical (unpaired) electrons. The summed E-state index contributed by atoms with van der Waals surface area (Å²) in [6.07, 6.45) is 3.72. The molecule has 0 atom stereocenters. The van der Waals surface area contributed by atoms with Crippen LogP contribution < -0.4 is 10.6 Å². The molecule has 6 nitrogen and oxygen atoms in total. The molecule has 7 heteroatoms. The van der Waals surface area contributed by atoms with Crippen LogP contribution in [0.2, 0.25) is 0 Å². The standard InChI is InChI=1S/C17H34N4O2.HI/c1-4-18-17(19-9-7-13-23-14-15(2)3)20-10-8-16(22)21-11-5-6-12-21;/h15H,4-14H2,1-3H3,(H2,18,19,20);1H. The van der Waals surface area contributed by atoms with E-state index >= 15 is 0 Å². The zero-order chi connectivity index (χ0) is 16.9. The molecule has 0 unspecified atom stereocenters. The second-order valence-corrected chi connectivity index (χ2v) is 6.35. The van der Waals surface area contributed by atoms with Crippen LogP contribution in [0.4, 0.5) is 0 Å². The molecule has 1 aliphatic heterocycles. The number of hydrogen-bond acceptors (Lipinski definition) is 3. The first-order chi connectivity index (χ1) is 11.1. The lowest BCUT2D eigenvalue weighted by molar-refractivity contribution is -0.129. The van der Waals surface area contributed by atoms with Crippen LogP contribution in [0.5, 0.6) is 0 Å². The third kappa shape index (κ3) is 11.1. The predicted molar refractivity (Wildman–Crippen MR) is 110 cm³/mol. The Balaban J connectivity index is 0.00000529. The van der Waals surface area contributed by atoms with Gasteiger partial charge in [0.15, 0.2) is 5.96 Å². The minimum Gasteiger partial charge on any atom is -0.381 e. The van der Waals surface area contributed by atoms with Crippen LogP contribution in [-0.4, -0.2) is 62.7 Å². The number of carbonyl (C=O) groups excluding carboxylic acids is 1. The van der Waals surface area contributed by atoms with Gasteiger partial charge in [-0.3, -0.25) is 9.79 Å². The van der Waals surface area contributed by atoms with E-state index in [0.29, 0.717) is 18.9 Å². The van der Waals surface area contributed by atoms with Crippen molar-refractivity contribution in [2.24, 2.45) is 10.9 Å². The SMILES string of the molecule is CCNC(=NCCCOCC(C)C)NCCC(=O)N1CCCC1.I. The Hall–Kier alpha value is -0.570. The van der Waals surface area contributed by atoms with E-state index in [4.69, 9.17) is 4.74 Å². The number of nitrogens with one attached hydrogen (secondary N) is 2. The highest BCUT2D eigenvalue weighted by atomic mass is 127. The fourth-order valence-corrected chi connectivity index (χ4v) is 2.43. The number of carbonyl (C=O) groups is 1. The average molecular weight is 454 g/mol. The van der Waals surface area contributed by atoms with Crippen LogP contribution in [0.3, 0.4) is 0 Å². The summed E-state index contributed by atoms with van der Waals surface area (Å²) >= 11 is 0. The third-order valence-electron chi connectivity index (χ3n) is 3.60. The summed E-state index contributed by atoms with van der Waals surface area (Å²) in [7, 11) is 0. The topological polar surface area (TPSA) is 66.0 Å². The molecule has 1 fully saturated rings. The van der Waals surface area contributed by atoms with Gasteiger partial charge in [-0.1, -0.05) is 13.8 Å². The monoisotopic (exact) mass is 454 g/mol. The lowest BCUT2D eigenvalue weighted by Crippen LogP contribution is -2.39. The minimum atomic E-state index is 0. The zero-order valence-corrected chi connectivity index (χ0v) is 17.8. The highest BCUT2D eigenvalue weighted by Gasteiger charge is 2.17. The Morgan fingerprint density at radius 2 is 1.96 bits per heavy atom. The first-order valence-corrected chi connectivity index (χ1v) is 9.01. The average Bonchev–Trinajstić information content (AvgIpc) is 3.04. The number of rotatable bonds is 10. The lowest BCUT2D eigenvalue weighted by atomic mass is 10.2. The Labute approximate surface area is 164 Å². The number of nitrogens with zero attached hydrogens (tertiary/aromatic N) is 2. The van der Waals surface area contributed by atoms with Crippen LogP contribution in [0, 0.1) is 5.92 Å². The Kier molecular flexibility index (Phi) is 14.4. The highest BCUT2D eigenvalue weighted by molar-refractivity contribution is 14.0. The molecule has 0 aromatic rings. The molecule has 142 valence electrons. The van der Waals surface area contributed by atoms with Gasteiger partial charge in [0, 0.05) is 52.4 Å². The van der Waals surface area contributed by atoms with Gasteiger partial charge < -0.3 is 20.3 Å². The first kappa shape index (κ1) is 23.4. The molecule has 0 bridgehead atoms.